The minimum Gasteiger partial charge on any atom is -0.494 e. The Morgan fingerprint density at radius 1 is 0.963 bits per heavy atom. The molecule has 0 saturated carbocycles. The van der Waals surface area contributed by atoms with Gasteiger partial charge < -0.3 is 20.1 Å². The van der Waals surface area contributed by atoms with Crippen LogP contribution in [0.25, 0.3) is 0 Å². The lowest BCUT2D eigenvalue weighted by atomic mass is 10.2. The van der Waals surface area contributed by atoms with Crippen LogP contribution in [-0.4, -0.2) is 31.6 Å². The van der Waals surface area contributed by atoms with Crippen LogP contribution in [0.15, 0.2) is 48.5 Å². The van der Waals surface area contributed by atoms with Crippen LogP contribution in [0.3, 0.4) is 0 Å². The molecule has 0 aromatic heterocycles. The largest absolute Gasteiger partial charge is 0.494 e. The summed E-state index contributed by atoms with van der Waals surface area (Å²) >= 11 is 0. The van der Waals surface area contributed by atoms with E-state index in [4.69, 9.17) is 4.74 Å². The number of rotatable bonds is 9. The molecule has 2 amide bonds. The van der Waals surface area contributed by atoms with Crippen molar-refractivity contribution in [3.63, 3.8) is 0 Å². The Bertz CT molecular complexity index is 749. The molecular formula is C19H20F2N2O4. The highest BCUT2D eigenvalue weighted by Crippen LogP contribution is 2.15. The van der Waals surface area contributed by atoms with Crippen LogP contribution in [0, 0.1) is 0 Å². The molecule has 8 heteroatoms. The zero-order valence-corrected chi connectivity index (χ0v) is 14.7. The summed E-state index contributed by atoms with van der Waals surface area (Å²) in [6.45, 7) is -0.460. The van der Waals surface area contributed by atoms with E-state index in [1.54, 1.807) is 36.4 Å². The number of ether oxygens (including phenoxy) is 2. The smallest absolute Gasteiger partial charge is 0.387 e. The van der Waals surface area contributed by atoms with Gasteiger partial charge in [-0.2, -0.15) is 8.78 Å². The molecule has 0 radical (unpaired) electrons. The second-order valence-electron chi connectivity index (χ2n) is 5.44. The molecular weight excluding hydrogens is 358 g/mol. The lowest BCUT2D eigenvalue weighted by Crippen LogP contribution is -2.36. The molecule has 0 atom stereocenters. The molecule has 0 aliphatic rings. The van der Waals surface area contributed by atoms with Crippen LogP contribution in [0.2, 0.25) is 0 Å². The Morgan fingerprint density at radius 2 is 1.59 bits per heavy atom. The van der Waals surface area contributed by atoms with Crippen molar-refractivity contribution in [1.29, 1.82) is 0 Å². The van der Waals surface area contributed by atoms with Crippen molar-refractivity contribution >= 4 is 11.8 Å². The third kappa shape index (κ3) is 6.93. The van der Waals surface area contributed by atoms with E-state index >= 15 is 0 Å². The Balaban J connectivity index is 1.74. The number of nitrogens with one attached hydrogen (secondary N) is 2. The number of halogens is 2. The first-order chi connectivity index (χ1) is 13.0. The highest BCUT2D eigenvalue weighted by Gasteiger charge is 2.09. The topological polar surface area (TPSA) is 76.7 Å². The molecule has 6 nitrogen and oxygen atoms in total. The van der Waals surface area contributed by atoms with E-state index in [2.05, 4.69) is 15.4 Å². The maximum atomic E-state index is 12.1. The fourth-order valence-electron chi connectivity index (χ4n) is 2.18. The lowest BCUT2D eigenvalue weighted by molar-refractivity contribution is -0.120. The van der Waals surface area contributed by atoms with Gasteiger partial charge in [0.1, 0.15) is 11.5 Å². The normalized spacial score (nSPS) is 10.4. The van der Waals surface area contributed by atoms with Gasteiger partial charge >= 0.3 is 6.61 Å². The molecule has 2 aromatic carbocycles. The van der Waals surface area contributed by atoms with E-state index in [0.29, 0.717) is 23.5 Å². The fourth-order valence-corrected chi connectivity index (χ4v) is 2.18. The maximum Gasteiger partial charge on any atom is 0.387 e. The molecule has 0 spiro atoms. The van der Waals surface area contributed by atoms with E-state index < -0.39 is 6.61 Å². The molecule has 0 unspecified atom stereocenters. The van der Waals surface area contributed by atoms with Crippen LogP contribution >= 0.6 is 0 Å². The quantitative estimate of drug-likeness (QED) is 0.704. The van der Waals surface area contributed by atoms with Gasteiger partial charge in [0.15, 0.2) is 0 Å². The summed E-state index contributed by atoms with van der Waals surface area (Å²) in [5, 5.41) is 5.15. The first-order valence-corrected chi connectivity index (χ1v) is 8.29. The number of benzene rings is 2. The predicted molar refractivity (Wildman–Crippen MR) is 94.9 cm³/mol. The van der Waals surface area contributed by atoms with Crippen molar-refractivity contribution in [2.24, 2.45) is 0 Å². The third-order valence-corrected chi connectivity index (χ3v) is 3.48. The molecule has 0 aliphatic heterocycles. The monoisotopic (exact) mass is 378 g/mol. The molecule has 0 saturated heterocycles. The summed E-state index contributed by atoms with van der Waals surface area (Å²) in [5.41, 5.74) is 1.13. The van der Waals surface area contributed by atoms with Crippen LogP contribution < -0.4 is 20.1 Å². The molecule has 0 bridgehead atoms. The zero-order valence-electron chi connectivity index (χ0n) is 14.7. The molecule has 0 aliphatic carbocycles. The summed E-state index contributed by atoms with van der Waals surface area (Å²) in [6, 6.07) is 12.5. The maximum absolute atomic E-state index is 12.1. The van der Waals surface area contributed by atoms with Gasteiger partial charge in [-0.3, -0.25) is 9.59 Å². The predicted octanol–water partition coefficient (Wildman–Crippen LogP) is 2.73. The van der Waals surface area contributed by atoms with Crippen LogP contribution in [0.1, 0.15) is 22.8 Å². The summed E-state index contributed by atoms with van der Waals surface area (Å²) < 4.78 is 33.7. The van der Waals surface area contributed by atoms with Gasteiger partial charge in [0, 0.05) is 12.1 Å². The Kier molecular flexibility index (Phi) is 7.54. The molecule has 2 rings (SSSR count). The fraction of sp³-hybridized carbons (Fsp3) is 0.263. The van der Waals surface area contributed by atoms with Crippen molar-refractivity contribution in [2.45, 2.75) is 20.1 Å². The number of alkyl halides is 2. The van der Waals surface area contributed by atoms with Gasteiger partial charge in [-0.1, -0.05) is 12.1 Å². The molecule has 2 aromatic rings. The van der Waals surface area contributed by atoms with Crippen molar-refractivity contribution < 1.29 is 27.8 Å². The molecule has 0 heterocycles. The lowest BCUT2D eigenvalue weighted by Gasteiger charge is -2.09. The standard InChI is InChI=1S/C19H20F2N2O4/c1-2-26-15-9-5-14(6-10-15)18(25)23-12-17(24)22-11-13-3-7-16(8-4-13)27-19(20)21/h3-10,19H,2,11-12H2,1H3,(H,22,24)(H,23,25). The number of hydrogen-bond donors (Lipinski definition) is 2. The second-order valence-corrected chi connectivity index (χ2v) is 5.44. The van der Waals surface area contributed by atoms with Gasteiger partial charge in [-0.05, 0) is 48.9 Å². The van der Waals surface area contributed by atoms with Crippen LogP contribution in [0.4, 0.5) is 8.78 Å². The number of carbonyl (C=O) groups is 2. The van der Waals surface area contributed by atoms with Gasteiger partial charge in [-0.25, -0.2) is 0 Å². The Hall–Kier alpha value is -3.16. The van der Waals surface area contributed by atoms with Crippen molar-refractivity contribution in [3.8, 4) is 11.5 Å². The Morgan fingerprint density at radius 3 is 2.19 bits per heavy atom. The summed E-state index contributed by atoms with van der Waals surface area (Å²) in [5.74, 6) is -0.0386. The van der Waals surface area contributed by atoms with E-state index in [9.17, 15) is 18.4 Å². The van der Waals surface area contributed by atoms with Gasteiger partial charge in [0.05, 0.1) is 13.2 Å². The highest BCUT2D eigenvalue weighted by atomic mass is 19.3. The average Bonchev–Trinajstić information content (AvgIpc) is 2.66. The van der Waals surface area contributed by atoms with Crippen molar-refractivity contribution in [2.75, 3.05) is 13.2 Å². The Labute approximate surface area is 155 Å². The summed E-state index contributed by atoms with van der Waals surface area (Å²) in [4.78, 5) is 23.8. The average molecular weight is 378 g/mol. The first kappa shape index (κ1) is 20.2. The number of carbonyl (C=O) groups excluding carboxylic acids is 2. The van der Waals surface area contributed by atoms with E-state index in [0.717, 1.165) is 0 Å². The minimum atomic E-state index is -2.88. The second kappa shape index (κ2) is 10.1. The van der Waals surface area contributed by atoms with Crippen LogP contribution in [0.5, 0.6) is 11.5 Å². The van der Waals surface area contributed by atoms with E-state index in [1.165, 1.54) is 12.1 Å². The van der Waals surface area contributed by atoms with Gasteiger partial charge in [-0.15, -0.1) is 0 Å². The van der Waals surface area contributed by atoms with E-state index in [1.807, 2.05) is 6.92 Å². The van der Waals surface area contributed by atoms with Gasteiger partial charge in [0.25, 0.3) is 5.91 Å². The van der Waals surface area contributed by atoms with Gasteiger partial charge in [0.2, 0.25) is 5.91 Å². The number of amides is 2. The van der Waals surface area contributed by atoms with E-state index in [-0.39, 0.29) is 30.7 Å². The van der Waals surface area contributed by atoms with Crippen LogP contribution in [-0.2, 0) is 11.3 Å². The molecule has 0 fully saturated rings. The van der Waals surface area contributed by atoms with Crippen molar-refractivity contribution in [3.05, 3.63) is 59.7 Å². The summed E-state index contributed by atoms with van der Waals surface area (Å²) in [7, 11) is 0. The molecule has 27 heavy (non-hydrogen) atoms. The summed E-state index contributed by atoms with van der Waals surface area (Å²) in [6.07, 6.45) is 0. The van der Waals surface area contributed by atoms with Crippen molar-refractivity contribution in [1.82, 2.24) is 10.6 Å². The highest BCUT2D eigenvalue weighted by molar-refractivity contribution is 5.96. The third-order valence-electron chi connectivity index (χ3n) is 3.48. The molecule has 144 valence electrons. The first-order valence-electron chi connectivity index (χ1n) is 8.29. The number of hydrogen-bond acceptors (Lipinski definition) is 4. The minimum absolute atomic E-state index is 0.0442. The molecule has 2 N–H and O–H groups in total. The SMILES string of the molecule is CCOc1ccc(C(=O)NCC(=O)NCc2ccc(OC(F)F)cc2)cc1. The zero-order chi connectivity index (χ0) is 19.6.